The predicted octanol–water partition coefficient (Wildman–Crippen LogP) is 5.55. The molecule has 14 heteroatoms. The zero-order valence-corrected chi connectivity index (χ0v) is 24.2. The Bertz CT molecular complexity index is 1470. The van der Waals surface area contributed by atoms with Gasteiger partial charge < -0.3 is 24.3 Å². The molecular formula is C26H29FN5O5PS2. The van der Waals surface area contributed by atoms with Crippen molar-refractivity contribution in [3.05, 3.63) is 78.6 Å². The van der Waals surface area contributed by atoms with Crippen molar-refractivity contribution in [1.29, 1.82) is 0 Å². The molecule has 0 radical (unpaired) electrons. The first-order chi connectivity index (χ1) is 19.4. The van der Waals surface area contributed by atoms with Gasteiger partial charge in [-0.25, -0.2) is 23.9 Å². The number of hydrogen-bond donors (Lipinski definition) is 1. The Morgan fingerprint density at radius 1 is 1.07 bits per heavy atom. The lowest BCUT2D eigenvalue weighted by atomic mass is 10.2. The number of halogens is 1. The zero-order chi connectivity index (χ0) is 28.0. The zero-order valence-electron chi connectivity index (χ0n) is 21.7. The number of nitrogens with two attached hydrogens (primary N) is 1. The summed E-state index contributed by atoms with van der Waals surface area (Å²) >= 11 is 0. The molecule has 3 heterocycles. The van der Waals surface area contributed by atoms with E-state index in [9.17, 15) is 8.96 Å². The van der Waals surface area contributed by atoms with Crippen molar-refractivity contribution in [2.24, 2.45) is 0 Å². The Hall–Kier alpha value is -2.67. The second kappa shape index (κ2) is 13.3. The van der Waals surface area contributed by atoms with Gasteiger partial charge in [0.15, 0.2) is 29.4 Å². The smallest absolute Gasteiger partial charge is 0.405 e. The molecule has 4 aromatic rings. The lowest BCUT2D eigenvalue weighted by Crippen LogP contribution is -2.38. The van der Waals surface area contributed by atoms with Crippen LogP contribution in [0, 0.1) is 5.82 Å². The largest absolute Gasteiger partial charge is 0.420 e. The third kappa shape index (κ3) is 7.34. The molecule has 4 atom stereocenters. The highest BCUT2D eigenvalue weighted by atomic mass is 33.1. The Morgan fingerprint density at radius 2 is 1.82 bits per heavy atom. The van der Waals surface area contributed by atoms with Gasteiger partial charge in [-0.15, -0.1) is 0 Å². The van der Waals surface area contributed by atoms with E-state index in [1.807, 2.05) is 37.3 Å². The summed E-state index contributed by atoms with van der Waals surface area (Å²) in [5, 5.41) is 0. The molecule has 40 heavy (non-hydrogen) atoms. The van der Waals surface area contributed by atoms with Crippen LogP contribution in [0.1, 0.15) is 12.5 Å². The summed E-state index contributed by atoms with van der Waals surface area (Å²) in [7, 11) is -0.751. The third-order valence-corrected chi connectivity index (χ3v) is 9.98. The van der Waals surface area contributed by atoms with Crippen LogP contribution in [0.15, 0.2) is 67.3 Å². The van der Waals surface area contributed by atoms with Crippen LogP contribution in [0.2, 0.25) is 0 Å². The normalized spacial score (nSPS) is 19.8. The van der Waals surface area contributed by atoms with Crippen LogP contribution in [0.3, 0.4) is 0 Å². The number of benzene rings is 2. The first-order valence-corrected chi connectivity index (χ1v) is 16.8. The van der Waals surface area contributed by atoms with E-state index < -0.39 is 32.0 Å². The minimum Gasteiger partial charge on any atom is -0.420 e. The summed E-state index contributed by atoms with van der Waals surface area (Å²) < 4.78 is 54.4. The fraction of sp³-hybridized carbons (Fsp3) is 0.346. The summed E-state index contributed by atoms with van der Waals surface area (Å²) in [5.74, 6) is 0.618. The molecular weight excluding hydrogens is 576 g/mol. The van der Waals surface area contributed by atoms with Crippen molar-refractivity contribution in [2.45, 2.75) is 38.4 Å². The van der Waals surface area contributed by atoms with Gasteiger partial charge in [-0.2, -0.15) is 0 Å². The van der Waals surface area contributed by atoms with Crippen LogP contribution in [-0.2, 0) is 31.7 Å². The van der Waals surface area contributed by atoms with E-state index in [2.05, 4.69) is 15.0 Å². The molecule has 2 aromatic carbocycles. The Balaban J connectivity index is 1.29. The summed E-state index contributed by atoms with van der Waals surface area (Å²) in [6.07, 6.45) is 1.21. The fourth-order valence-electron chi connectivity index (χ4n) is 4.01. The quantitative estimate of drug-likeness (QED) is 0.162. The summed E-state index contributed by atoms with van der Waals surface area (Å²) in [6.45, 7) is 2.53. The molecule has 1 saturated heterocycles. The van der Waals surface area contributed by atoms with Crippen molar-refractivity contribution >= 4 is 46.2 Å². The number of para-hydroxylation sites is 1. The maximum Gasteiger partial charge on any atom is 0.405 e. The number of imidazole rings is 1. The van der Waals surface area contributed by atoms with E-state index in [-0.39, 0.29) is 17.7 Å². The molecule has 0 bridgehead atoms. The second-order valence-corrected chi connectivity index (χ2v) is 13.5. The lowest BCUT2D eigenvalue weighted by Gasteiger charge is -2.33. The number of ether oxygens (including phenoxy) is 2. The highest BCUT2D eigenvalue weighted by molar-refractivity contribution is 8.76. The number of rotatable bonds is 12. The summed E-state index contributed by atoms with van der Waals surface area (Å²) in [4.78, 5) is 12.5. The van der Waals surface area contributed by atoms with E-state index in [0.29, 0.717) is 35.8 Å². The molecule has 0 spiro atoms. The molecule has 5 rings (SSSR count). The maximum atomic E-state index is 14.5. The van der Waals surface area contributed by atoms with E-state index in [4.69, 9.17) is 24.3 Å². The van der Waals surface area contributed by atoms with Crippen LogP contribution >= 0.6 is 29.2 Å². The number of aromatic nitrogens is 4. The number of nitrogen functional groups attached to an aromatic ring is 1. The van der Waals surface area contributed by atoms with Crippen LogP contribution in [0.4, 0.5) is 10.2 Å². The van der Waals surface area contributed by atoms with Gasteiger partial charge >= 0.3 is 7.60 Å². The van der Waals surface area contributed by atoms with Gasteiger partial charge in [-0.05, 0) is 24.6 Å². The number of fused-ring (bicyclic) bond motifs is 1. The van der Waals surface area contributed by atoms with E-state index >= 15 is 0 Å². The molecule has 1 unspecified atom stereocenters. The molecule has 2 aromatic heterocycles. The van der Waals surface area contributed by atoms with Crippen LogP contribution in [0.5, 0.6) is 5.75 Å². The predicted molar refractivity (Wildman–Crippen MR) is 155 cm³/mol. The Labute approximate surface area is 239 Å². The van der Waals surface area contributed by atoms with Crippen LogP contribution in [0.25, 0.3) is 11.2 Å². The van der Waals surface area contributed by atoms with E-state index in [1.165, 1.54) is 24.5 Å². The molecule has 1 aliphatic heterocycles. The number of anilines is 1. The monoisotopic (exact) mass is 605 g/mol. The van der Waals surface area contributed by atoms with Crippen molar-refractivity contribution in [2.75, 3.05) is 23.6 Å². The number of hydrogen-bond acceptors (Lipinski definition) is 11. The fourth-order valence-corrected chi connectivity index (χ4v) is 8.21. The maximum absolute atomic E-state index is 14.5. The van der Waals surface area contributed by atoms with Crippen molar-refractivity contribution in [3.8, 4) is 5.75 Å². The van der Waals surface area contributed by atoms with Gasteiger partial charge in [-0.3, -0.25) is 4.52 Å². The SMILES string of the molecule is C[C@H](Cn1cnc2c(N)ncnc21)OCP(=O)(Oc1ccccc1F)O[C@H]1CSSC[C@@H]1OCc1ccccc1. The van der Waals surface area contributed by atoms with Crippen LogP contribution in [-0.4, -0.2) is 55.7 Å². The lowest BCUT2D eigenvalue weighted by molar-refractivity contribution is -0.0193. The summed E-state index contributed by atoms with van der Waals surface area (Å²) in [6, 6.07) is 15.6. The molecule has 0 amide bonds. The molecule has 0 aliphatic carbocycles. The summed E-state index contributed by atoms with van der Waals surface area (Å²) in [5.41, 5.74) is 7.95. The highest BCUT2D eigenvalue weighted by Crippen LogP contribution is 2.52. The minimum atomic E-state index is -4.00. The van der Waals surface area contributed by atoms with Crippen molar-refractivity contribution in [3.63, 3.8) is 0 Å². The van der Waals surface area contributed by atoms with Gasteiger partial charge in [0.25, 0.3) is 0 Å². The molecule has 0 saturated carbocycles. The van der Waals surface area contributed by atoms with Gasteiger partial charge in [0.05, 0.1) is 31.7 Å². The second-order valence-electron chi connectivity index (χ2n) is 9.12. The Kier molecular flexibility index (Phi) is 9.61. The van der Waals surface area contributed by atoms with Crippen molar-refractivity contribution in [1.82, 2.24) is 19.5 Å². The molecule has 212 valence electrons. The molecule has 2 N–H and O–H groups in total. The first kappa shape index (κ1) is 28.8. The molecule has 10 nitrogen and oxygen atoms in total. The molecule has 1 fully saturated rings. The minimum absolute atomic E-state index is 0.172. The average Bonchev–Trinajstić information content (AvgIpc) is 3.37. The average molecular weight is 606 g/mol. The Morgan fingerprint density at radius 3 is 2.62 bits per heavy atom. The number of nitrogens with zero attached hydrogens (tertiary/aromatic N) is 4. The standard InChI is InChI=1S/C26H29FN5O5PS2/c1-18(11-32-16-31-24-25(28)29-15-30-26(24)32)35-17-38(33,36-21-10-6-5-9-20(21)27)37-23-14-40-39-13-22(23)34-12-19-7-3-2-4-8-19/h2-10,15-16,18,22-23H,11-14,17H2,1H3,(H2,28,29,30)/t18-,22+,23+,38?/m1/s1. The van der Waals surface area contributed by atoms with Gasteiger partial charge in [0.2, 0.25) is 0 Å². The van der Waals surface area contributed by atoms with Gasteiger partial charge in [0.1, 0.15) is 17.9 Å². The molecule has 1 aliphatic rings. The van der Waals surface area contributed by atoms with Gasteiger partial charge in [-0.1, -0.05) is 64.1 Å². The van der Waals surface area contributed by atoms with Gasteiger partial charge in [0, 0.05) is 11.5 Å². The first-order valence-electron chi connectivity index (χ1n) is 12.5. The van der Waals surface area contributed by atoms with Crippen molar-refractivity contribution < 1.29 is 27.5 Å². The highest BCUT2D eigenvalue weighted by Gasteiger charge is 2.38. The third-order valence-electron chi connectivity index (χ3n) is 6.04. The van der Waals surface area contributed by atoms with Crippen LogP contribution < -0.4 is 10.3 Å². The topological polar surface area (TPSA) is 124 Å². The van der Waals surface area contributed by atoms with E-state index in [0.717, 1.165) is 5.56 Å². The van der Waals surface area contributed by atoms with E-state index in [1.54, 1.807) is 38.5 Å².